The summed E-state index contributed by atoms with van der Waals surface area (Å²) in [5.41, 5.74) is 1.52. The molecule has 0 unspecified atom stereocenters. The summed E-state index contributed by atoms with van der Waals surface area (Å²) < 4.78 is 6.09. The molecule has 0 saturated carbocycles. The van der Waals surface area contributed by atoms with Crippen molar-refractivity contribution in [3.63, 3.8) is 0 Å². The van der Waals surface area contributed by atoms with Crippen molar-refractivity contribution in [1.29, 1.82) is 0 Å². The lowest BCUT2D eigenvalue weighted by Crippen LogP contribution is -2.27. The van der Waals surface area contributed by atoms with Crippen LogP contribution in [0.3, 0.4) is 0 Å². The maximum absolute atomic E-state index is 12.7. The molecule has 4 rings (SSSR count). The van der Waals surface area contributed by atoms with Crippen molar-refractivity contribution in [1.82, 2.24) is 4.90 Å². The molecule has 0 aromatic heterocycles. The lowest BCUT2D eigenvalue weighted by atomic mass is 10.0. The molecule has 1 heterocycles. The van der Waals surface area contributed by atoms with Crippen LogP contribution in [-0.2, 0) is 11.4 Å². The molecule has 0 spiro atoms. The molecule has 0 radical (unpaired) electrons. The number of halogens is 2. The third kappa shape index (κ3) is 4.49. The average molecular weight is 470 g/mol. The molecular formula is C24H17Cl2NO3S. The number of hydrogen-bond donors (Lipinski definition) is 0. The van der Waals surface area contributed by atoms with Gasteiger partial charge < -0.3 is 4.74 Å². The molecule has 0 N–H and O–H groups in total. The molecular weight excluding hydrogens is 453 g/mol. The normalized spacial score (nSPS) is 15.2. The minimum Gasteiger partial charge on any atom is -0.488 e. The Labute approximate surface area is 194 Å². The number of imide groups is 1. The second-order valence-corrected chi connectivity index (χ2v) is 8.64. The van der Waals surface area contributed by atoms with Gasteiger partial charge in [0.05, 0.1) is 4.91 Å². The molecule has 1 aliphatic rings. The van der Waals surface area contributed by atoms with Crippen LogP contribution in [0.5, 0.6) is 5.75 Å². The fourth-order valence-corrected chi connectivity index (χ4v) is 4.56. The number of carbonyl (C=O) groups excluding carboxylic acids is 2. The summed E-state index contributed by atoms with van der Waals surface area (Å²) in [6, 6.07) is 16.8. The van der Waals surface area contributed by atoms with E-state index in [4.69, 9.17) is 27.9 Å². The van der Waals surface area contributed by atoms with E-state index < -0.39 is 0 Å². The van der Waals surface area contributed by atoms with Crippen molar-refractivity contribution in [3.8, 4) is 5.75 Å². The number of amides is 2. The summed E-state index contributed by atoms with van der Waals surface area (Å²) in [6.07, 6.45) is 3.25. The molecule has 7 heteroatoms. The topological polar surface area (TPSA) is 46.6 Å². The quantitative estimate of drug-likeness (QED) is 0.289. The average Bonchev–Trinajstić information content (AvgIpc) is 3.02. The van der Waals surface area contributed by atoms with E-state index in [1.807, 2.05) is 42.5 Å². The number of hydrogen-bond acceptors (Lipinski definition) is 4. The number of rotatable bonds is 6. The zero-order chi connectivity index (χ0) is 22.0. The fourth-order valence-electron chi connectivity index (χ4n) is 3.26. The third-order valence-electron chi connectivity index (χ3n) is 4.79. The Morgan fingerprint density at radius 3 is 2.65 bits per heavy atom. The first kappa shape index (κ1) is 21.5. The van der Waals surface area contributed by atoms with Gasteiger partial charge in [0.2, 0.25) is 0 Å². The highest BCUT2D eigenvalue weighted by atomic mass is 35.5. The molecule has 1 saturated heterocycles. The number of benzene rings is 3. The molecule has 0 bridgehead atoms. The van der Waals surface area contributed by atoms with Crippen LogP contribution >= 0.6 is 35.0 Å². The zero-order valence-corrected chi connectivity index (χ0v) is 18.6. The van der Waals surface area contributed by atoms with Gasteiger partial charge in [-0.05, 0) is 46.8 Å². The highest BCUT2D eigenvalue weighted by Crippen LogP contribution is 2.37. The smallest absolute Gasteiger partial charge is 0.293 e. The SMILES string of the molecule is C=CCN1C(=O)S/C(=C/c2c(OCc3ccc(Cl)cc3Cl)ccc3ccccc23)C1=O. The molecule has 4 nitrogen and oxygen atoms in total. The van der Waals surface area contributed by atoms with Gasteiger partial charge >= 0.3 is 0 Å². The standard InChI is InChI=1S/C24H17Cl2NO3S/c1-2-11-27-23(28)22(31-24(27)29)13-19-18-6-4-3-5-15(18)8-10-21(19)30-14-16-7-9-17(25)12-20(16)26/h2-10,12-13H,1,11,14H2/b22-13+. The first-order valence-electron chi connectivity index (χ1n) is 9.42. The largest absolute Gasteiger partial charge is 0.488 e. The van der Waals surface area contributed by atoms with Crippen molar-refractivity contribution in [2.45, 2.75) is 6.61 Å². The van der Waals surface area contributed by atoms with E-state index in [1.165, 1.54) is 11.0 Å². The van der Waals surface area contributed by atoms with Crippen LogP contribution in [0.25, 0.3) is 16.8 Å². The van der Waals surface area contributed by atoms with Gasteiger partial charge in [-0.3, -0.25) is 14.5 Å². The summed E-state index contributed by atoms with van der Waals surface area (Å²) in [5.74, 6) is 0.245. The van der Waals surface area contributed by atoms with Gasteiger partial charge in [0, 0.05) is 27.7 Å². The molecule has 1 fully saturated rings. The van der Waals surface area contributed by atoms with Crippen LogP contribution < -0.4 is 4.74 Å². The second-order valence-electron chi connectivity index (χ2n) is 6.80. The van der Waals surface area contributed by atoms with Crippen molar-refractivity contribution in [3.05, 3.63) is 93.3 Å². The van der Waals surface area contributed by atoms with Gasteiger partial charge in [0.25, 0.3) is 11.1 Å². The van der Waals surface area contributed by atoms with Gasteiger partial charge in [-0.15, -0.1) is 6.58 Å². The Morgan fingerprint density at radius 2 is 1.87 bits per heavy atom. The predicted octanol–water partition coefficient (Wildman–Crippen LogP) is 6.95. The first-order valence-corrected chi connectivity index (χ1v) is 11.0. The monoisotopic (exact) mass is 469 g/mol. The third-order valence-corrected chi connectivity index (χ3v) is 6.28. The van der Waals surface area contributed by atoms with Crippen molar-refractivity contribution in [2.75, 3.05) is 6.54 Å². The van der Waals surface area contributed by atoms with Gasteiger partial charge in [0.15, 0.2) is 0 Å². The van der Waals surface area contributed by atoms with Crippen molar-refractivity contribution in [2.24, 2.45) is 0 Å². The summed E-state index contributed by atoms with van der Waals surface area (Å²) in [6.45, 7) is 4.01. The molecule has 31 heavy (non-hydrogen) atoms. The van der Waals surface area contributed by atoms with Crippen molar-refractivity contribution >= 4 is 63.0 Å². The van der Waals surface area contributed by atoms with E-state index in [-0.39, 0.29) is 24.3 Å². The summed E-state index contributed by atoms with van der Waals surface area (Å²) in [4.78, 5) is 26.4. The van der Waals surface area contributed by atoms with E-state index in [0.717, 1.165) is 33.7 Å². The van der Waals surface area contributed by atoms with Gasteiger partial charge in [-0.25, -0.2) is 0 Å². The minimum atomic E-state index is -0.338. The summed E-state index contributed by atoms with van der Waals surface area (Å²) >= 11 is 13.2. The summed E-state index contributed by atoms with van der Waals surface area (Å²) in [5, 5.41) is 2.66. The second kappa shape index (κ2) is 9.18. The van der Waals surface area contributed by atoms with Crippen molar-refractivity contribution < 1.29 is 14.3 Å². The number of nitrogens with zero attached hydrogens (tertiary/aromatic N) is 1. The summed E-state index contributed by atoms with van der Waals surface area (Å²) in [7, 11) is 0. The van der Waals surface area contributed by atoms with E-state index in [9.17, 15) is 9.59 Å². The van der Waals surface area contributed by atoms with Gasteiger partial charge in [0.1, 0.15) is 12.4 Å². The van der Waals surface area contributed by atoms with E-state index in [2.05, 4.69) is 6.58 Å². The highest BCUT2D eigenvalue weighted by molar-refractivity contribution is 8.18. The first-order chi connectivity index (χ1) is 15.0. The van der Waals surface area contributed by atoms with Crippen LogP contribution in [0, 0.1) is 0 Å². The molecule has 3 aromatic rings. The van der Waals surface area contributed by atoms with Crippen LogP contribution in [0.4, 0.5) is 4.79 Å². The van der Waals surface area contributed by atoms with Crippen LogP contribution in [0.15, 0.2) is 72.2 Å². The lowest BCUT2D eigenvalue weighted by molar-refractivity contribution is -0.122. The van der Waals surface area contributed by atoms with E-state index in [0.29, 0.717) is 20.7 Å². The minimum absolute atomic E-state index is 0.177. The van der Waals surface area contributed by atoms with Crippen LogP contribution in [-0.4, -0.2) is 22.6 Å². The Hall–Kier alpha value is -2.73. The maximum atomic E-state index is 12.7. The number of carbonyl (C=O) groups is 2. The zero-order valence-electron chi connectivity index (χ0n) is 16.3. The maximum Gasteiger partial charge on any atom is 0.293 e. The molecule has 1 aliphatic heterocycles. The Balaban J connectivity index is 1.73. The van der Waals surface area contributed by atoms with Gasteiger partial charge in [-0.1, -0.05) is 65.7 Å². The molecule has 3 aromatic carbocycles. The fraction of sp³-hybridized carbons (Fsp3) is 0.0833. The number of fused-ring (bicyclic) bond motifs is 1. The van der Waals surface area contributed by atoms with E-state index >= 15 is 0 Å². The molecule has 0 atom stereocenters. The Kier molecular flexibility index (Phi) is 6.37. The van der Waals surface area contributed by atoms with E-state index in [1.54, 1.807) is 18.2 Å². The number of thioether (sulfide) groups is 1. The molecule has 0 aliphatic carbocycles. The Morgan fingerprint density at radius 1 is 1.06 bits per heavy atom. The van der Waals surface area contributed by atoms with Gasteiger partial charge in [-0.2, -0.15) is 0 Å². The number of ether oxygens (including phenoxy) is 1. The lowest BCUT2D eigenvalue weighted by Gasteiger charge is -2.13. The van der Waals surface area contributed by atoms with Crippen LogP contribution in [0.1, 0.15) is 11.1 Å². The molecule has 2 amide bonds. The Bertz CT molecular complexity index is 1240. The van der Waals surface area contributed by atoms with Crippen LogP contribution in [0.2, 0.25) is 10.0 Å². The predicted molar refractivity (Wildman–Crippen MR) is 128 cm³/mol. The highest BCUT2D eigenvalue weighted by Gasteiger charge is 2.34. The molecule has 156 valence electrons.